The average Bonchev–Trinajstić information content (AvgIpc) is 2.72. The summed E-state index contributed by atoms with van der Waals surface area (Å²) in [7, 11) is 0. The fraction of sp³-hybridized carbons (Fsp3) is 0.640. The summed E-state index contributed by atoms with van der Waals surface area (Å²) in [4.78, 5) is 40.5. The molecule has 184 valence electrons. The van der Waals surface area contributed by atoms with Gasteiger partial charge in [0.25, 0.3) is 0 Å². The average molecular weight is 462 g/mol. The highest BCUT2D eigenvalue weighted by molar-refractivity contribution is 5.92. The molecule has 0 aromatic heterocycles. The molecule has 1 saturated carbocycles. The molecular formula is C25H39N3O5. The first-order valence-corrected chi connectivity index (χ1v) is 11.8. The summed E-state index contributed by atoms with van der Waals surface area (Å²) < 4.78 is 5.27. The van der Waals surface area contributed by atoms with Crippen molar-refractivity contribution in [1.82, 2.24) is 15.5 Å². The molecule has 1 aliphatic carbocycles. The van der Waals surface area contributed by atoms with Crippen molar-refractivity contribution in [2.75, 3.05) is 6.54 Å². The molecule has 0 radical (unpaired) electrons. The van der Waals surface area contributed by atoms with Crippen LogP contribution in [0.5, 0.6) is 5.75 Å². The number of rotatable bonds is 7. The molecular weight excluding hydrogens is 422 g/mol. The number of nitrogens with zero attached hydrogens (tertiary/aromatic N) is 1. The van der Waals surface area contributed by atoms with E-state index >= 15 is 0 Å². The van der Waals surface area contributed by atoms with Crippen LogP contribution in [-0.4, -0.2) is 52.1 Å². The Morgan fingerprint density at radius 2 is 1.82 bits per heavy atom. The van der Waals surface area contributed by atoms with E-state index in [4.69, 9.17) is 4.74 Å². The van der Waals surface area contributed by atoms with Gasteiger partial charge in [0.05, 0.1) is 0 Å². The van der Waals surface area contributed by atoms with Crippen LogP contribution in [0.2, 0.25) is 0 Å². The van der Waals surface area contributed by atoms with Gasteiger partial charge < -0.3 is 25.4 Å². The molecule has 3 amide bonds. The molecule has 1 aromatic rings. The Bertz CT molecular complexity index is 843. The van der Waals surface area contributed by atoms with E-state index in [0.717, 1.165) is 25.7 Å². The Morgan fingerprint density at radius 1 is 1.18 bits per heavy atom. The van der Waals surface area contributed by atoms with Crippen LogP contribution >= 0.6 is 0 Å². The number of ether oxygens (including phenoxy) is 1. The fourth-order valence-electron chi connectivity index (χ4n) is 4.11. The number of carbonyl (C=O) groups is 3. The molecule has 0 bridgehead atoms. The van der Waals surface area contributed by atoms with E-state index in [1.54, 1.807) is 53.7 Å². The van der Waals surface area contributed by atoms with Crippen molar-refractivity contribution in [3.63, 3.8) is 0 Å². The zero-order valence-corrected chi connectivity index (χ0v) is 20.7. The number of alkyl carbamates (subject to hydrolysis) is 1. The largest absolute Gasteiger partial charge is 0.508 e. The Hall–Kier alpha value is -2.77. The number of carbonyl (C=O) groups excluding carboxylic acids is 3. The highest BCUT2D eigenvalue weighted by Crippen LogP contribution is 2.28. The summed E-state index contributed by atoms with van der Waals surface area (Å²) in [5.41, 5.74) is 0.535. The van der Waals surface area contributed by atoms with Crippen LogP contribution in [0.4, 0.5) is 4.79 Å². The first-order valence-electron chi connectivity index (χ1n) is 11.8. The van der Waals surface area contributed by atoms with Gasteiger partial charge in [0.15, 0.2) is 0 Å². The zero-order chi connectivity index (χ0) is 24.8. The van der Waals surface area contributed by atoms with Gasteiger partial charge in [0.1, 0.15) is 23.4 Å². The van der Waals surface area contributed by atoms with Crippen molar-refractivity contribution >= 4 is 17.9 Å². The lowest BCUT2D eigenvalue weighted by atomic mass is 9.94. The van der Waals surface area contributed by atoms with Gasteiger partial charge in [-0.25, -0.2) is 4.79 Å². The second-order valence-electron chi connectivity index (χ2n) is 9.78. The maximum Gasteiger partial charge on any atom is 0.408 e. The molecule has 8 heteroatoms. The van der Waals surface area contributed by atoms with E-state index in [1.165, 1.54) is 17.4 Å². The lowest BCUT2D eigenvalue weighted by molar-refractivity contribution is -0.142. The van der Waals surface area contributed by atoms with Crippen molar-refractivity contribution in [3.05, 3.63) is 29.3 Å². The Kier molecular flexibility index (Phi) is 9.14. The van der Waals surface area contributed by atoms with Crippen molar-refractivity contribution in [1.29, 1.82) is 0 Å². The number of phenolic OH excluding ortho intramolecular Hbond substituents is 1. The monoisotopic (exact) mass is 461 g/mol. The SMILES string of the molecule is CCN(C(=O)C(C)NC(=O)OC(C)(C)C)C(C(=O)NC1CCCCC1)c1ccc(O)c(C)c1. The molecule has 1 aromatic carbocycles. The topological polar surface area (TPSA) is 108 Å². The van der Waals surface area contributed by atoms with Crippen LogP contribution in [0.15, 0.2) is 18.2 Å². The van der Waals surface area contributed by atoms with Gasteiger partial charge >= 0.3 is 6.09 Å². The van der Waals surface area contributed by atoms with E-state index in [2.05, 4.69) is 10.6 Å². The van der Waals surface area contributed by atoms with Gasteiger partial charge in [-0.15, -0.1) is 0 Å². The molecule has 0 spiro atoms. The highest BCUT2D eigenvalue weighted by atomic mass is 16.6. The predicted molar refractivity (Wildman–Crippen MR) is 127 cm³/mol. The summed E-state index contributed by atoms with van der Waals surface area (Å²) in [5, 5.41) is 15.7. The van der Waals surface area contributed by atoms with Crippen LogP contribution in [0.3, 0.4) is 0 Å². The van der Waals surface area contributed by atoms with E-state index in [1.807, 2.05) is 0 Å². The van der Waals surface area contributed by atoms with Gasteiger partial charge in [0.2, 0.25) is 11.8 Å². The van der Waals surface area contributed by atoms with E-state index in [0.29, 0.717) is 11.1 Å². The standard InChI is InChI=1S/C25H39N3O5/c1-7-28(23(31)17(3)26-24(32)33-25(4,5)6)21(18-13-14-20(29)16(2)15-18)22(30)27-19-11-9-8-10-12-19/h13-15,17,19,21,29H,7-12H2,1-6H3,(H,26,32)(H,27,30). The van der Waals surface area contributed by atoms with E-state index in [-0.39, 0.29) is 24.2 Å². The van der Waals surface area contributed by atoms with Crippen LogP contribution < -0.4 is 10.6 Å². The maximum absolute atomic E-state index is 13.5. The first-order chi connectivity index (χ1) is 15.4. The zero-order valence-electron chi connectivity index (χ0n) is 20.7. The van der Waals surface area contributed by atoms with Crippen LogP contribution in [0.25, 0.3) is 0 Å². The molecule has 1 fully saturated rings. The quantitative estimate of drug-likeness (QED) is 0.570. The van der Waals surface area contributed by atoms with Gasteiger partial charge in [-0.2, -0.15) is 0 Å². The smallest absolute Gasteiger partial charge is 0.408 e. The fourth-order valence-corrected chi connectivity index (χ4v) is 4.11. The highest BCUT2D eigenvalue weighted by Gasteiger charge is 2.35. The minimum Gasteiger partial charge on any atom is -0.508 e. The van der Waals surface area contributed by atoms with Gasteiger partial charge in [0, 0.05) is 12.6 Å². The number of phenols is 1. The molecule has 3 N–H and O–H groups in total. The van der Waals surface area contributed by atoms with Crippen LogP contribution in [-0.2, 0) is 14.3 Å². The Morgan fingerprint density at radius 3 is 2.36 bits per heavy atom. The third-order valence-electron chi connectivity index (χ3n) is 5.78. The number of aryl methyl sites for hydroxylation is 1. The second kappa shape index (κ2) is 11.4. The third kappa shape index (κ3) is 7.65. The molecule has 1 aliphatic rings. The minimum absolute atomic E-state index is 0.0816. The molecule has 0 aliphatic heterocycles. The number of nitrogens with one attached hydrogen (secondary N) is 2. The van der Waals surface area contributed by atoms with Crippen LogP contribution in [0.1, 0.15) is 83.9 Å². The first kappa shape index (κ1) is 26.5. The van der Waals surface area contributed by atoms with Gasteiger partial charge in [-0.05, 0) is 77.6 Å². The van der Waals surface area contributed by atoms with E-state index in [9.17, 15) is 19.5 Å². The van der Waals surface area contributed by atoms with Crippen molar-refractivity contribution < 1.29 is 24.2 Å². The Balaban J connectivity index is 2.29. The Labute approximate surface area is 197 Å². The number of hydrogen-bond acceptors (Lipinski definition) is 5. The number of aromatic hydroxyl groups is 1. The molecule has 0 heterocycles. The van der Waals surface area contributed by atoms with E-state index < -0.39 is 29.7 Å². The summed E-state index contributed by atoms with van der Waals surface area (Å²) in [6.07, 6.45) is 4.46. The maximum atomic E-state index is 13.5. The third-order valence-corrected chi connectivity index (χ3v) is 5.78. The molecule has 33 heavy (non-hydrogen) atoms. The lowest BCUT2D eigenvalue weighted by Gasteiger charge is -2.34. The molecule has 8 nitrogen and oxygen atoms in total. The number of hydrogen-bond donors (Lipinski definition) is 3. The van der Waals surface area contributed by atoms with Gasteiger partial charge in [-0.3, -0.25) is 9.59 Å². The molecule has 2 unspecified atom stereocenters. The summed E-state index contributed by atoms with van der Waals surface area (Å²) in [6, 6.07) is 3.23. The molecule has 2 rings (SSSR count). The number of benzene rings is 1. The minimum atomic E-state index is -0.886. The van der Waals surface area contributed by atoms with Crippen molar-refractivity contribution in [2.24, 2.45) is 0 Å². The second-order valence-corrected chi connectivity index (χ2v) is 9.78. The summed E-state index contributed by atoms with van der Waals surface area (Å²) >= 11 is 0. The van der Waals surface area contributed by atoms with Crippen molar-refractivity contribution in [2.45, 2.75) is 97.4 Å². The van der Waals surface area contributed by atoms with Crippen molar-refractivity contribution in [3.8, 4) is 5.75 Å². The number of amides is 3. The van der Waals surface area contributed by atoms with Crippen LogP contribution in [0, 0.1) is 6.92 Å². The summed E-state index contributed by atoms with van der Waals surface area (Å²) in [5.74, 6) is -0.524. The predicted octanol–water partition coefficient (Wildman–Crippen LogP) is 3.95. The summed E-state index contributed by atoms with van der Waals surface area (Å²) in [6.45, 7) is 10.6. The van der Waals surface area contributed by atoms with Gasteiger partial charge in [-0.1, -0.05) is 25.3 Å². The lowest BCUT2D eigenvalue weighted by Crippen LogP contribution is -2.52. The molecule has 0 saturated heterocycles. The molecule has 2 atom stereocenters. The normalized spacial score (nSPS) is 16.4. The number of likely N-dealkylation sites (N-methyl/N-ethyl adjacent to an activating group) is 1.